The number of rotatable bonds is 4. The highest BCUT2D eigenvalue weighted by molar-refractivity contribution is 5.91. The molecule has 2 rings (SSSR count). The zero-order chi connectivity index (χ0) is 14.7. The van der Waals surface area contributed by atoms with Crippen LogP contribution in [0.3, 0.4) is 0 Å². The van der Waals surface area contributed by atoms with Gasteiger partial charge in [0.25, 0.3) is 5.91 Å². The summed E-state index contributed by atoms with van der Waals surface area (Å²) in [7, 11) is 0. The van der Waals surface area contributed by atoms with Gasteiger partial charge in [-0.3, -0.25) is 4.79 Å². The van der Waals surface area contributed by atoms with Crippen molar-refractivity contribution in [2.45, 2.75) is 52.0 Å². The second-order valence-corrected chi connectivity index (χ2v) is 5.85. The Bertz CT molecular complexity index is 458. The van der Waals surface area contributed by atoms with Crippen molar-refractivity contribution in [1.82, 2.24) is 10.1 Å². The van der Waals surface area contributed by atoms with Gasteiger partial charge in [-0.1, -0.05) is 25.9 Å². The first kappa shape index (κ1) is 15.0. The van der Waals surface area contributed by atoms with Crippen molar-refractivity contribution in [2.24, 2.45) is 11.7 Å². The van der Waals surface area contributed by atoms with Crippen molar-refractivity contribution in [3.05, 3.63) is 17.5 Å². The summed E-state index contributed by atoms with van der Waals surface area (Å²) in [5.41, 5.74) is 6.69. The Morgan fingerprint density at radius 3 is 3.05 bits per heavy atom. The normalized spacial score (nSPS) is 24.7. The number of nitrogens with zero attached hydrogens (tertiary/aromatic N) is 2. The highest BCUT2D eigenvalue weighted by atomic mass is 16.5. The van der Waals surface area contributed by atoms with E-state index in [4.69, 9.17) is 10.3 Å². The van der Waals surface area contributed by atoms with Gasteiger partial charge in [-0.15, -0.1) is 0 Å². The van der Waals surface area contributed by atoms with Crippen LogP contribution in [0.25, 0.3) is 0 Å². The van der Waals surface area contributed by atoms with E-state index >= 15 is 0 Å². The number of carbonyl (C=O) groups is 1. The second kappa shape index (κ2) is 6.39. The fourth-order valence-electron chi connectivity index (χ4n) is 2.83. The molecular weight excluding hydrogens is 254 g/mol. The lowest BCUT2D eigenvalue weighted by atomic mass is 9.90. The predicted octanol–water partition coefficient (Wildman–Crippen LogP) is 2.39. The maximum Gasteiger partial charge on any atom is 0.292 e. The van der Waals surface area contributed by atoms with Crippen molar-refractivity contribution in [3.63, 3.8) is 0 Å². The van der Waals surface area contributed by atoms with Crippen molar-refractivity contribution in [2.75, 3.05) is 13.1 Å². The summed E-state index contributed by atoms with van der Waals surface area (Å²) in [5, 5.41) is 4.02. The average Bonchev–Trinajstić information content (AvgIpc) is 2.95. The predicted molar refractivity (Wildman–Crippen MR) is 77.5 cm³/mol. The fourth-order valence-corrected chi connectivity index (χ4v) is 2.83. The van der Waals surface area contributed by atoms with Crippen LogP contribution in [0, 0.1) is 5.92 Å². The molecule has 3 atom stereocenters. The minimum atomic E-state index is -0.0750. The zero-order valence-corrected chi connectivity index (χ0v) is 12.6. The number of hydrogen-bond acceptors (Lipinski definition) is 4. The zero-order valence-electron chi connectivity index (χ0n) is 12.6. The quantitative estimate of drug-likeness (QED) is 0.918. The Morgan fingerprint density at radius 2 is 2.40 bits per heavy atom. The fraction of sp³-hybridized carbons (Fsp3) is 0.733. The van der Waals surface area contributed by atoms with Crippen LogP contribution in [0.1, 0.15) is 62.2 Å². The largest absolute Gasteiger partial charge is 0.351 e. The van der Waals surface area contributed by atoms with E-state index in [-0.39, 0.29) is 11.9 Å². The van der Waals surface area contributed by atoms with Crippen molar-refractivity contribution < 1.29 is 9.32 Å². The Labute approximate surface area is 120 Å². The molecule has 1 aromatic rings. The van der Waals surface area contributed by atoms with Gasteiger partial charge >= 0.3 is 0 Å². The van der Waals surface area contributed by atoms with E-state index in [0.717, 1.165) is 31.5 Å². The molecule has 0 aromatic carbocycles. The molecule has 112 valence electrons. The molecule has 2 N–H and O–H groups in total. The molecule has 0 saturated carbocycles. The van der Waals surface area contributed by atoms with Crippen LogP contribution in [-0.4, -0.2) is 35.1 Å². The van der Waals surface area contributed by atoms with Gasteiger partial charge in [0.15, 0.2) is 0 Å². The van der Waals surface area contributed by atoms with E-state index in [2.05, 4.69) is 25.9 Å². The molecule has 0 radical (unpaired) electrons. The third kappa shape index (κ3) is 2.87. The lowest BCUT2D eigenvalue weighted by molar-refractivity contribution is 0.0492. The third-order valence-electron chi connectivity index (χ3n) is 4.47. The molecule has 0 aliphatic carbocycles. The van der Waals surface area contributed by atoms with E-state index in [1.807, 2.05) is 4.90 Å². The molecule has 2 heterocycles. The van der Waals surface area contributed by atoms with Crippen molar-refractivity contribution >= 4 is 5.91 Å². The minimum Gasteiger partial charge on any atom is -0.351 e. The topological polar surface area (TPSA) is 72.4 Å². The minimum absolute atomic E-state index is 0.0750. The maximum atomic E-state index is 12.6. The van der Waals surface area contributed by atoms with Crippen LogP contribution in [0.15, 0.2) is 10.6 Å². The van der Waals surface area contributed by atoms with Gasteiger partial charge in [-0.2, -0.15) is 0 Å². The lowest BCUT2D eigenvalue weighted by Gasteiger charge is -2.38. The molecule has 0 spiro atoms. The third-order valence-corrected chi connectivity index (χ3v) is 4.47. The molecule has 20 heavy (non-hydrogen) atoms. The number of carbonyl (C=O) groups excluding carboxylic acids is 1. The van der Waals surface area contributed by atoms with Crippen LogP contribution in [0.5, 0.6) is 0 Å². The Balaban J connectivity index is 2.15. The van der Waals surface area contributed by atoms with Crippen molar-refractivity contribution in [3.8, 4) is 0 Å². The molecule has 0 unspecified atom stereocenters. The SMILES string of the molecule is CC[C@H](C)c1cc(C(=O)N2CCC[C@H](C)[C@H]2CN)on1. The standard InChI is InChI=1S/C15H25N3O2/c1-4-10(2)12-8-14(20-17-12)15(19)18-7-5-6-11(3)13(18)9-16/h8,10-11,13H,4-7,9,16H2,1-3H3/t10-,11-,13+/m0/s1. The van der Waals surface area contributed by atoms with Gasteiger partial charge in [-0.25, -0.2) is 0 Å². The van der Waals surface area contributed by atoms with Crippen LogP contribution in [0.2, 0.25) is 0 Å². The first-order valence-corrected chi connectivity index (χ1v) is 7.56. The van der Waals surface area contributed by atoms with Crippen LogP contribution in [-0.2, 0) is 0 Å². The molecule has 1 aliphatic heterocycles. The summed E-state index contributed by atoms with van der Waals surface area (Å²) in [6, 6.07) is 1.89. The van der Waals surface area contributed by atoms with E-state index in [1.165, 1.54) is 0 Å². The Morgan fingerprint density at radius 1 is 1.65 bits per heavy atom. The Hall–Kier alpha value is -1.36. The summed E-state index contributed by atoms with van der Waals surface area (Å²) < 4.78 is 5.25. The highest BCUT2D eigenvalue weighted by Gasteiger charge is 2.33. The highest BCUT2D eigenvalue weighted by Crippen LogP contribution is 2.25. The summed E-state index contributed by atoms with van der Waals surface area (Å²) in [6.45, 7) is 7.58. The molecule has 1 fully saturated rings. The maximum absolute atomic E-state index is 12.6. The van der Waals surface area contributed by atoms with Gasteiger partial charge in [0.2, 0.25) is 5.76 Å². The molecular formula is C15H25N3O2. The van der Waals surface area contributed by atoms with Crippen molar-refractivity contribution in [1.29, 1.82) is 0 Å². The van der Waals surface area contributed by atoms with E-state index in [1.54, 1.807) is 6.07 Å². The average molecular weight is 279 g/mol. The van der Waals surface area contributed by atoms with Gasteiger partial charge in [0, 0.05) is 31.1 Å². The summed E-state index contributed by atoms with van der Waals surface area (Å²) >= 11 is 0. The number of nitrogens with two attached hydrogens (primary N) is 1. The second-order valence-electron chi connectivity index (χ2n) is 5.85. The van der Waals surface area contributed by atoms with E-state index in [0.29, 0.717) is 24.1 Å². The van der Waals surface area contributed by atoms with E-state index < -0.39 is 0 Å². The number of likely N-dealkylation sites (tertiary alicyclic amines) is 1. The molecule has 5 nitrogen and oxygen atoms in total. The summed E-state index contributed by atoms with van der Waals surface area (Å²) in [6.07, 6.45) is 3.13. The lowest BCUT2D eigenvalue weighted by Crippen LogP contribution is -2.51. The summed E-state index contributed by atoms with van der Waals surface area (Å²) in [5.74, 6) is 1.02. The molecule has 1 amide bonds. The number of aromatic nitrogens is 1. The first-order valence-electron chi connectivity index (χ1n) is 7.56. The van der Waals surface area contributed by atoms with Gasteiger partial charge in [-0.05, 0) is 25.2 Å². The Kier molecular flexibility index (Phi) is 4.81. The summed E-state index contributed by atoms with van der Waals surface area (Å²) in [4.78, 5) is 14.4. The number of piperidine rings is 1. The van der Waals surface area contributed by atoms with Crippen LogP contribution >= 0.6 is 0 Å². The van der Waals surface area contributed by atoms with Gasteiger partial charge in [0.1, 0.15) is 0 Å². The molecule has 1 aliphatic rings. The number of amides is 1. The molecule has 1 aromatic heterocycles. The molecule has 1 saturated heterocycles. The van der Waals surface area contributed by atoms with Crippen LogP contribution < -0.4 is 5.73 Å². The first-order chi connectivity index (χ1) is 9.58. The van der Waals surface area contributed by atoms with Gasteiger partial charge < -0.3 is 15.2 Å². The van der Waals surface area contributed by atoms with Gasteiger partial charge in [0.05, 0.1) is 5.69 Å². The number of hydrogen-bond donors (Lipinski definition) is 1. The monoisotopic (exact) mass is 279 g/mol. The molecule has 5 heteroatoms. The molecule has 0 bridgehead atoms. The van der Waals surface area contributed by atoms with Crippen LogP contribution in [0.4, 0.5) is 0 Å². The van der Waals surface area contributed by atoms with E-state index in [9.17, 15) is 4.79 Å². The smallest absolute Gasteiger partial charge is 0.292 e.